The molecule has 2 heterocycles. The van der Waals surface area contributed by atoms with Gasteiger partial charge in [0.1, 0.15) is 0 Å². The lowest BCUT2D eigenvalue weighted by Gasteiger charge is -2.06. The van der Waals surface area contributed by atoms with Crippen LogP contribution in [0, 0.1) is 6.92 Å². The monoisotopic (exact) mass is 277 g/mol. The predicted octanol–water partition coefficient (Wildman–Crippen LogP) is 1.16. The van der Waals surface area contributed by atoms with Crippen LogP contribution in [0.5, 0.6) is 0 Å². The fraction of sp³-hybridized carbons (Fsp3) is 0.385. The maximum Gasteiger partial charge on any atom is 0.307 e. The Morgan fingerprint density at radius 1 is 1.45 bits per heavy atom. The van der Waals surface area contributed by atoms with E-state index < -0.39 is 0 Å². The average molecular weight is 277 g/mol. The number of hydrogen-bond acceptors (Lipinski definition) is 6. The molecule has 0 aromatic carbocycles. The Morgan fingerprint density at radius 3 is 2.90 bits per heavy atom. The van der Waals surface area contributed by atoms with Crippen molar-refractivity contribution in [1.29, 1.82) is 0 Å². The molecular formula is C13H15N3O4. The van der Waals surface area contributed by atoms with Gasteiger partial charge in [-0.3, -0.25) is 9.59 Å². The Hall–Kier alpha value is -2.44. The highest BCUT2D eigenvalue weighted by Crippen LogP contribution is 2.14. The van der Waals surface area contributed by atoms with Crippen molar-refractivity contribution in [2.24, 2.45) is 0 Å². The Balaban J connectivity index is 2.17. The molecule has 7 heteroatoms. The smallest absolute Gasteiger partial charge is 0.307 e. The zero-order valence-corrected chi connectivity index (χ0v) is 11.3. The van der Waals surface area contributed by atoms with Crippen LogP contribution in [-0.4, -0.2) is 27.3 Å². The minimum Gasteiger partial charge on any atom is -0.466 e. The van der Waals surface area contributed by atoms with Crippen LogP contribution in [0.15, 0.2) is 27.6 Å². The third-order valence-corrected chi connectivity index (χ3v) is 2.62. The number of ether oxygens (including phenoxy) is 1. The first-order valence-corrected chi connectivity index (χ1v) is 6.27. The minimum absolute atomic E-state index is 0.139. The topological polar surface area (TPSA) is 87.2 Å². The molecule has 2 aromatic heterocycles. The largest absolute Gasteiger partial charge is 0.466 e. The summed E-state index contributed by atoms with van der Waals surface area (Å²) in [5.41, 5.74) is 0.434. The Morgan fingerprint density at radius 2 is 2.25 bits per heavy atom. The molecule has 0 amide bonds. The van der Waals surface area contributed by atoms with Crippen LogP contribution >= 0.6 is 0 Å². The van der Waals surface area contributed by atoms with Gasteiger partial charge in [-0.1, -0.05) is 5.16 Å². The van der Waals surface area contributed by atoms with E-state index in [9.17, 15) is 9.59 Å². The molecule has 0 unspecified atom stereocenters. The summed E-state index contributed by atoms with van der Waals surface area (Å²) in [5, 5.41) is 3.70. The standard InChI is InChI=1S/C13H15N3O4/c1-3-19-12(18)6-7-16-8-10(4-5-11(16)17)13-14-9(2)15-20-13/h4-5,8H,3,6-7H2,1-2H3. The van der Waals surface area contributed by atoms with Gasteiger partial charge >= 0.3 is 5.97 Å². The highest BCUT2D eigenvalue weighted by Gasteiger charge is 2.09. The lowest BCUT2D eigenvalue weighted by Crippen LogP contribution is -2.20. The van der Waals surface area contributed by atoms with Crippen molar-refractivity contribution >= 4 is 5.97 Å². The van der Waals surface area contributed by atoms with Gasteiger partial charge < -0.3 is 13.8 Å². The molecule has 2 aromatic rings. The van der Waals surface area contributed by atoms with Gasteiger partial charge in [-0.2, -0.15) is 4.98 Å². The van der Waals surface area contributed by atoms with Crippen LogP contribution in [-0.2, 0) is 16.1 Å². The summed E-state index contributed by atoms with van der Waals surface area (Å²) in [7, 11) is 0. The van der Waals surface area contributed by atoms with Crippen molar-refractivity contribution in [2.45, 2.75) is 26.8 Å². The van der Waals surface area contributed by atoms with Crippen molar-refractivity contribution in [1.82, 2.24) is 14.7 Å². The molecule has 2 rings (SSSR count). The summed E-state index contributed by atoms with van der Waals surface area (Å²) in [6, 6.07) is 3.01. The third-order valence-electron chi connectivity index (χ3n) is 2.62. The maximum absolute atomic E-state index is 11.7. The van der Waals surface area contributed by atoms with Gasteiger partial charge in [0.25, 0.3) is 11.4 Å². The molecule has 0 spiro atoms. The molecule has 106 valence electrons. The van der Waals surface area contributed by atoms with Crippen molar-refractivity contribution in [2.75, 3.05) is 6.61 Å². The fourth-order valence-corrected chi connectivity index (χ4v) is 1.69. The Labute approximate surface area is 115 Å². The van der Waals surface area contributed by atoms with E-state index >= 15 is 0 Å². The van der Waals surface area contributed by atoms with E-state index in [0.717, 1.165) is 0 Å². The molecule has 0 aliphatic rings. The van der Waals surface area contributed by atoms with Crippen molar-refractivity contribution < 1.29 is 14.1 Å². The number of hydrogen-bond donors (Lipinski definition) is 0. The Kier molecular flexibility index (Phi) is 4.29. The molecule has 20 heavy (non-hydrogen) atoms. The van der Waals surface area contributed by atoms with E-state index in [1.807, 2.05) is 0 Å². The average Bonchev–Trinajstić information content (AvgIpc) is 2.85. The van der Waals surface area contributed by atoms with Gasteiger partial charge in [0.2, 0.25) is 0 Å². The summed E-state index contributed by atoms with van der Waals surface area (Å²) in [6.07, 6.45) is 1.73. The number of aromatic nitrogens is 3. The first kappa shape index (κ1) is 14.0. The van der Waals surface area contributed by atoms with Crippen molar-refractivity contribution in [3.63, 3.8) is 0 Å². The lowest BCUT2D eigenvalue weighted by molar-refractivity contribution is -0.143. The molecule has 0 atom stereocenters. The molecule has 0 bridgehead atoms. The van der Waals surface area contributed by atoms with Gasteiger partial charge in [0.15, 0.2) is 5.82 Å². The highest BCUT2D eigenvalue weighted by molar-refractivity contribution is 5.69. The second-order valence-corrected chi connectivity index (χ2v) is 4.15. The van der Waals surface area contributed by atoms with Crippen LogP contribution in [0.4, 0.5) is 0 Å². The molecule has 0 saturated carbocycles. The van der Waals surface area contributed by atoms with E-state index in [1.165, 1.54) is 10.6 Å². The van der Waals surface area contributed by atoms with Crippen LogP contribution in [0.3, 0.4) is 0 Å². The van der Waals surface area contributed by atoms with Gasteiger partial charge in [0.05, 0.1) is 18.6 Å². The second-order valence-electron chi connectivity index (χ2n) is 4.15. The van der Waals surface area contributed by atoms with Crippen LogP contribution in [0.1, 0.15) is 19.2 Å². The number of carbonyl (C=O) groups is 1. The number of aryl methyl sites for hydroxylation is 2. The number of carbonyl (C=O) groups excluding carboxylic acids is 1. The molecule has 0 saturated heterocycles. The Bertz CT molecular complexity index is 660. The van der Waals surface area contributed by atoms with E-state index in [-0.39, 0.29) is 24.5 Å². The molecule has 0 radical (unpaired) electrons. The molecule has 0 aliphatic heterocycles. The van der Waals surface area contributed by atoms with Crippen LogP contribution in [0.25, 0.3) is 11.5 Å². The lowest BCUT2D eigenvalue weighted by atomic mass is 10.2. The summed E-state index contributed by atoms with van der Waals surface area (Å²) >= 11 is 0. The number of nitrogens with zero attached hydrogens (tertiary/aromatic N) is 3. The number of pyridine rings is 1. The summed E-state index contributed by atoms with van der Waals surface area (Å²) in [6.45, 7) is 4.03. The zero-order chi connectivity index (χ0) is 14.5. The SMILES string of the molecule is CCOC(=O)CCn1cc(-c2nc(C)no2)ccc1=O. The summed E-state index contributed by atoms with van der Waals surface area (Å²) < 4.78 is 11.3. The predicted molar refractivity (Wildman–Crippen MR) is 70.0 cm³/mol. The van der Waals surface area contributed by atoms with Gasteiger partial charge in [-0.05, 0) is 19.9 Å². The number of rotatable bonds is 5. The molecule has 0 N–H and O–H groups in total. The van der Waals surface area contributed by atoms with E-state index in [2.05, 4.69) is 10.1 Å². The zero-order valence-electron chi connectivity index (χ0n) is 11.3. The van der Waals surface area contributed by atoms with Gasteiger partial charge in [0, 0.05) is 18.8 Å². The molecule has 0 aliphatic carbocycles. The minimum atomic E-state index is -0.335. The highest BCUT2D eigenvalue weighted by atomic mass is 16.5. The van der Waals surface area contributed by atoms with Crippen LogP contribution < -0.4 is 5.56 Å². The van der Waals surface area contributed by atoms with Crippen molar-refractivity contribution in [3.8, 4) is 11.5 Å². The van der Waals surface area contributed by atoms with E-state index in [0.29, 0.717) is 23.9 Å². The van der Waals surface area contributed by atoms with Crippen LogP contribution in [0.2, 0.25) is 0 Å². The first-order valence-electron chi connectivity index (χ1n) is 6.27. The first-order chi connectivity index (χ1) is 9.60. The normalized spacial score (nSPS) is 10.5. The molecule has 0 fully saturated rings. The third kappa shape index (κ3) is 3.31. The maximum atomic E-state index is 11.7. The molecular weight excluding hydrogens is 262 g/mol. The van der Waals surface area contributed by atoms with Crippen molar-refractivity contribution in [3.05, 3.63) is 34.5 Å². The fourth-order valence-electron chi connectivity index (χ4n) is 1.69. The summed E-state index contributed by atoms with van der Waals surface area (Å²) in [4.78, 5) is 27.1. The summed E-state index contributed by atoms with van der Waals surface area (Å²) in [5.74, 6) is 0.523. The van der Waals surface area contributed by atoms with Gasteiger partial charge in [-0.15, -0.1) is 0 Å². The second kappa shape index (κ2) is 6.14. The van der Waals surface area contributed by atoms with Gasteiger partial charge in [-0.25, -0.2) is 0 Å². The van der Waals surface area contributed by atoms with E-state index in [4.69, 9.17) is 9.26 Å². The number of esters is 1. The molecule has 7 nitrogen and oxygen atoms in total. The van der Waals surface area contributed by atoms with E-state index in [1.54, 1.807) is 26.1 Å². The quantitative estimate of drug-likeness (QED) is 0.762.